The van der Waals surface area contributed by atoms with Gasteiger partial charge in [0, 0.05) is 5.56 Å². The normalized spacial score (nSPS) is 16.8. The topological polar surface area (TPSA) is 65.0 Å². The number of unbranched alkanes of at least 4 members (excludes halogenated alkanes) is 2. The summed E-state index contributed by atoms with van der Waals surface area (Å²) in [5.41, 5.74) is 1.05. The number of benzene rings is 1. The number of cyclic esters (lactones) is 1. The van der Waals surface area contributed by atoms with Crippen molar-refractivity contribution >= 4 is 5.97 Å². The van der Waals surface area contributed by atoms with Crippen LogP contribution in [0.15, 0.2) is 6.07 Å². The molecule has 0 fully saturated rings. The van der Waals surface area contributed by atoms with Crippen LogP contribution in [-0.2, 0) is 4.74 Å². The van der Waals surface area contributed by atoms with Crippen molar-refractivity contribution < 1.29 is 24.1 Å². The summed E-state index contributed by atoms with van der Waals surface area (Å²) in [5, 5.41) is 10.0. The fourth-order valence-electron chi connectivity index (χ4n) is 2.51. The van der Waals surface area contributed by atoms with Crippen molar-refractivity contribution in [1.82, 2.24) is 0 Å². The summed E-state index contributed by atoms with van der Waals surface area (Å²) < 4.78 is 15.7. The van der Waals surface area contributed by atoms with Gasteiger partial charge in [0.05, 0.1) is 14.2 Å². The Morgan fingerprint density at radius 3 is 2.65 bits per heavy atom. The minimum absolute atomic E-state index is 0.127. The number of phenolic OH excluding ortho intramolecular Hbond substituents is 1. The monoisotopic (exact) mass is 280 g/mol. The molecule has 5 nitrogen and oxygen atoms in total. The molecule has 1 aliphatic heterocycles. The van der Waals surface area contributed by atoms with Crippen LogP contribution in [0, 0.1) is 0 Å². The smallest absolute Gasteiger partial charge is 0.343 e. The van der Waals surface area contributed by atoms with E-state index in [2.05, 4.69) is 6.92 Å². The first-order chi connectivity index (χ1) is 9.63. The Bertz CT molecular complexity index is 509. The highest BCUT2D eigenvalue weighted by atomic mass is 16.6. The van der Waals surface area contributed by atoms with E-state index in [1.807, 2.05) is 0 Å². The summed E-state index contributed by atoms with van der Waals surface area (Å²) in [6.07, 6.45) is 3.67. The molecule has 0 aromatic heterocycles. The molecule has 2 rings (SSSR count). The fraction of sp³-hybridized carbons (Fsp3) is 0.533. The van der Waals surface area contributed by atoms with E-state index in [0.29, 0.717) is 11.3 Å². The van der Waals surface area contributed by atoms with E-state index in [4.69, 9.17) is 14.2 Å². The van der Waals surface area contributed by atoms with E-state index in [-0.39, 0.29) is 17.6 Å². The van der Waals surface area contributed by atoms with Gasteiger partial charge in [0.1, 0.15) is 11.7 Å². The van der Waals surface area contributed by atoms with Crippen LogP contribution in [0.25, 0.3) is 0 Å². The third kappa shape index (κ3) is 2.40. The van der Waals surface area contributed by atoms with Gasteiger partial charge in [0.2, 0.25) is 5.75 Å². The average Bonchev–Trinajstić information content (AvgIpc) is 2.75. The zero-order chi connectivity index (χ0) is 14.7. The van der Waals surface area contributed by atoms with Gasteiger partial charge in [-0.3, -0.25) is 0 Å². The first kappa shape index (κ1) is 14.5. The number of ether oxygens (including phenoxy) is 3. The lowest BCUT2D eigenvalue weighted by atomic mass is 9.99. The molecule has 1 unspecified atom stereocenters. The van der Waals surface area contributed by atoms with Gasteiger partial charge < -0.3 is 19.3 Å². The van der Waals surface area contributed by atoms with Crippen LogP contribution in [0.1, 0.15) is 54.6 Å². The lowest BCUT2D eigenvalue weighted by Gasteiger charge is -2.13. The van der Waals surface area contributed by atoms with Crippen LogP contribution in [0.4, 0.5) is 0 Å². The Labute approximate surface area is 118 Å². The van der Waals surface area contributed by atoms with Gasteiger partial charge in [-0.1, -0.05) is 19.8 Å². The van der Waals surface area contributed by atoms with Gasteiger partial charge in [-0.15, -0.1) is 0 Å². The van der Waals surface area contributed by atoms with Gasteiger partial charge >= 0.3 is 5.97 Å². The number of carbonyl (C=O) groups excluding carboxylic acids is 1. The van der Waals surface area contributed by atoms with Crippen LogP contribution in [0.3, 0.4) is 0 Å². The molecule has 20 heavy (non-hydrogen) atoms. The summed E-state index contributed by atoms with van der Waals surface area (Å²) >= 11 is 0. The number of methoxy groups -OCH3 is 2. The molecule has 1 aromatic carbocycles. The minimum Gasteiger partial charge on any atom is -0.502 e. The first-order valence-electron chi connectivity index (χ1n) is 6.82. The fourth-order valence-corrected chi connectivity index (χ4v) is 2.51. The van der Waals surface area contributed by atoms with Crippen molar-refractivity contribution in [2.24, 2.45) is 0 Å². The van der Waals surface area contributed by atoms with Gasteiger partial charge in [-0.05, 0) is 18.9 Å². The number of hydrogen-bond donors (Lipinski definition) is 1. The van der Waals surface area contributed by atoms with Gasteiger partial charge in [0.15, 0.2) is 11.5 Å². The van der Waals surface area contributed by atoms with Crippen LogP contribution < -0.4 is 9.47 Å². The number of hydrogen-bond acceptors (Lipinski definition) is 5. The van der Waals surface area contributed by atoms with Crippen molar-refractivity contribution in [3.63, 3.8) is 0 Å². The van der Waals surface area contributed by atoms with Crippen molar-refractivity contribution in [3.05, 3.63) is 17.2 Å². The predicted molar refractivity (Wildman–Crippen MR) is 73.5 cm³/mol. The minimum atomic E-state index is -0.448. The highest BCUT2D eigenvalue weighted by molar-refractivity contribution is 5.98. The SMILES string of the molecule is CCCCCC1OC(=O)c2c1cc(OC)c(O)c2OC. The molecular weight excluding hydrogens is 260 g/mol. The summed E-state index contributed by atoms with van der Waals surface area (Å²) in [6.45, 7) is 2.12. The van der Waals surface area contributed by atoms with Crippen molar-refractivity contribution in [1.29, 1.82) is 0 Å². The standard InChI is InChI=1S/C15H20O5/c1-4-5-6-7-10-9-8-11(18-2)13(16)14(19-3)12(9)15(17)20-10/h8,10,16H,4-7H2,1-3H3. The van der Waals surface area contributed by atoms with E-state index in [1.165, 1.54) is 14.2 Å². The Morgan fingerprint density at radius 1 is 1.30 bits per heavy atom. The van der Waals surface area contributed by atoms with Crippen LogP contribution in [0.5, 0.6) is 17.2 Å². The summed E-state index contributed by atoms with van der Waals surface area (Å²) in [4.78, 5) is 12.0. The quantitative estimate of drug-likeness (QED) is 0.640. The predicted octanol–water partition coefficient (Wildman–Crippen LogP) is 3.20. The Morgan fingerprint density at radius 2 is 2.05 bits per heavy atom. The van der Waals surface area contributed by atoms with E-state index >= 15 is 0 Å². The molecule has 0 saturated carbocycles. The number of rotatable bonds is 6. The first-order valence-corrected chi connectivity index (χ1v) is 6.82. The maximum Gasteiger partial charge on any atom is 0.343 e. The molecule has 1 aliphatic rings. The molecule has 1 N–H and O–H groups in total. The maximum absolute atomic E-state index is 12.0. The van der Waals surface area contributed by atoms with E-state index in [1.54, 1.807) is 6.07 Å². The summed E-state index contributed by atoms with van der Waals surface area (Å²) in [6, 6.07) is 1.66. The van der Waals surface area contributed by atoms with E-state index in [0.717, 1.165) is 31.2 Å². The third-order valence-corrected chi connectivity index (χ3v) is 3.55. The lowest BCUT2D eigenvalue weighted by Crippen LogP contribution is -2.00. The molecule has 0 radical (unpaired) electrons. The largest absolute Gasteiger partial charge is 0.502 e. The summed E-state index contributed by atoms with van der Waals surface area (Å²) in [5.74, 6) is -0.196. The van der Waals surface area contributed by atoms with Gasteiger partial charge in [0.25, 0.3) is 0 Å². The molecule has 5 heteroatoms. The molecule has 1 heterocycles. The second-order valence-electron chi connectivity index (χ2n) is 4.81. The number of esters is 1. The summed E-state index contributed by atoms with van der Waals surface area (Å²) in [7, 11) is 2.87. The maximum atomic E-state index is 12.0. The third-order valence-electron chi connectivity index (χ3n) is 3.55. The highest BCUT2D eigenvalue weighted by Crippen LogP contribution is 2.47. The van der Waals surface area contributed by atoms with E-state index in [9.17, 15) is 9.90 Å². The second kappa shape index (κ2) is 6.03. The van der Waals surface area contributed by atoms with Crippen molar-refractivity contribution in [2.75, 3.05) is 14.2 Å². The second-order valence-corrected chi connectivity index (χ2v) is 4.81. The number of carbonyl (C=O) groups is 1. The zero-order valence-electron chi connectivity index (χ0n) is 12.1. The Kier molecular flexibility index (Phi) is 4.37. The molecule has 110 valence electrons. The highest BCUT2D eigenvalue weighted by Gasteiger charge is 2.36. The number of aromatic hydroxyl groups is 1. The molecular formula is C15H20O5. The molecule has 0 aliphatic carbocycles. The molecule has 1 aromatic rings. The Balaban J connectivity index is 2.39. The van der Waals surface area contributed by atoms with Gasteiger partial charge in [-0.25, -0.2) is 4.79 Å². The molecule has 1 atom stereocenters. The lowest BCUT2D eigenvalue weighted by molar-refractivity contribution is 0.0361. The van der Waals surface area contributed by atoms with Crippen LogP contribution in [0.2, 0.25) is 0 Å². The molecule has 0 spiro atoms. The average molecular weight is 280 g/mol. The van der Waals surface area contributed by atoms with Crippen LogP contribution in [-0.4, -0.2) is 25.3 Å². The number of fused-ring (bicyclic) bond motifs is 1. The molecule has 0 bridgehead atoms. The molecule has 0 saturated heterocycles. The molecule has 0 amide bonds. The zero-order valence-corrected chi connectivity index (χ0v) is 12.1. The number of phenols is 1. The van der Waals surface area contributed by atoms with E-state index < -0.39 is 5.97 Å². The van der Waals surface area contributed by atoms with Gasteiger partial charge in [-0.2, -0.15) is 0 Å². The van der Waals surface area contributed by atoms with Crippen molar-refractivity contribution in [2.45, 2.75) is 38.7 Å². The van der Waals surface area contributed by atoms with Crippen molar-refractivity contribution in [3.8, 4) is 17.2 Å². The Hall–Kier alpha value is -1.91. The van der Waals surface area contributed by atoms with Crippen LogP contribution >= 0.6 is 0 Å².